The van der Waals surface area contributed by atoms with Crippen molar-refractivity contribution in [2.45, 2.75) is 17.9 Å². The number of halogens is 2. The molecular weight excluding hydrogens is 232 g/mol. The molecule has 1 unspecified atom stereocenters. The van der Waals surface area contributed by atoms with Crippen molar-refractivity contribution in [1.29, 1.82) is 0 Å². The van der Waals surface area contributed by atoms with E-state index in [0.29, 0.717) is 18.9 Å². The molecule has 0 bridgehead atoms. The van der Waals surface area contributed by atoms with Crippen LogP contribution in [0.4, 0.5) is 8.78 Å². The maximum absolute atomic E-state index is 13.3. The van der Waals surface area contributed by atoms with Crippen LogP contribution in [0.25, 0.3) is 0 Å². The van der Waals surface area contributed by atoms with Crippen LogP contribution in [0.5, 0.6) is 0 Å². The highest BCUT2D eigenvalue weighted by Crippen LogP contribution is 2.23. The quantitative estimate of drug-likeness (QED) is 0.784. The number of benzene rings is 1. The molecule has 0 aliphatic heterocycles. The van der Waals surface area contributed by atoms with E-state index in [-0.39, 0.29) is 11.0 Å². The Balaban J connectivity index is 2.55. The zero-order valence-corrected chi connectivity index (χ0v) is 9.90. The molecule has 1 aromatic rings. The van der Waals surface area contributed by atoms with E-state index in [4.69, 9.17) is 10.5 Å². The van der Waals surface area contributed by atoms with E-state index < -0.39 is 11.6 Å². The fraction of sp³-hybridized carbons (Fsp3) is 0.455. The number of ether oxygens (including phenoxy) is 1. The topological polar surface area (TPSA) is 35.2 Å². The maximum atomic E-state index is 13.3. The summed E-state index contributed by atoms with van der Waals surface area (Å²) in [6.45, 7) is 2.81. The van der Waals surface area contributed by atoms with Gasteiger partial charge >= 0.3 is 0 Å². The van der Waals surface area contributed by atoms with Crippen LogP contribution in [0.2, 0.25) is 0 Å². The molecule has 2 nitrogen and oxygen atoms in total. The van der Waals surface area contributed by atoms with Crippen molar-refractivity contribution < 1.29 is 13.5 Å². The van der Waals surface area contributed by atoms with Crippen molar-refractivity contribution in [3.05, 3.63) is 29.8 Å². The minimum atomic E-state index is -0.440. The van der Waals surface area contributed by atoms with Gasteiger partial charge in [0.25, 0.3) is 0 Å². The van der Waals surface area contributed by atoms with E-state index in [1.54, 1.807) is 0 Å². The van der Waals surface area contributed by atoms with Gasteiger partial charge in [-0.15, -0.1) is 11.8 Å². The summed E-state index contributed by atoms with van der Waals surface area (Å²) in [6.07, 6.45) is -0.127. The van der Waals surface area contributed by atoms with E-state index in [1.165, 1.54) is 17.8 Å². The van der Waals surface area contributed by atoms with Crippen LogP contribution in [-0.4, -0.2) is 25.0 Å². The molecule has 0 heterocycles. The zero-order valence-electron chi connectivity index (χ0n) is 9.08. The molecular formula is C11H15F2NOS. The molecule has 5 heteroatoms. The fourth-order valence-electron chi connectivity index (χ4n) is 1.19. The second-order valence-electron chi connectivity index (χ2n) is 3.20. The molecule has 0 saturated carbocycles. The molecule has 0 radical (unpaired) electrons. The van der Waals surface area contributed by atoms with Crippen LogP contribution < -0.4 is 5.73 Å². The Bertz CT molecular complexity index is 336. The van der Waals surface area contributed by atoms with E-state index >= 15 is 0 Å². The summed E-state index contributed by atoms with van der Waals surface area (Å²) < 4.78 is 31.4. The van der Waals surface area contributed by atoms with Gasteiger partial charge in [0.1, 0.15) is 11.6 Å². The lowest BCUT2D eigenvalue weighted by molar-refractivity contribution is 0.0858. The first kappa shape index (κ1) is 13.4. The summed E-state index contributed by atoms with van der Waals surface area (Å²) in [6, 6.07) is 3.40. The third kappa shape index (κ3) is 4.08. The van der Waals surface area contributed by atoms with Crippen molar-refractivity contribution in [3.8, 4) is 0 Å². The number of hydrogen-bond acceptors (Lipinski definition) is 3. The molecule has 0 spiro atoms. The molecule has 0 aliphatic carbocycles. The lowest BCUT2D eigenvalue weighted by Crippen LogP contribution is -2.26. The Morgan fingerprint density at radius 1 is 1.44 bits per heavy atom. The van der Waals surface area contributed by atoms with Crippen LogP contribution >= 0.6 is 11.8 Å². The highest BCUT2D eigenvalue weighted by molar-refractivity contribution is 7.99. The van der Waals surface area contributed by atoms with Crippen LogP contribution in [0.3, 0.4) is 0 Å². The summed E-state index contributed by atoms with van der Waals surface area (Å²) in [5.74, 6) is -0.340. The standard InChI is InChI=1S/C11H15F2NOS/c1-2-15-9(6-14)7-16-11-5-8(12)3-4-10(11)13/h3-5,9H,2,6-7,14H2,1H3. The Hall–Kier alpha value is -0.650. The Morgan fingerprint density at radius 2 is 2.19 bits per heavy atom. The van der Waals surface area contributed by atoms with Crippen molar-refractivity contribution >= 4 is 11.8 Å². The molecule has 0 amide bonds. The number of hydrogen-bond donors (Lipinski definition) is 1. The van der Waals surface area contributed by atoms with Gasteiger partial charge < -0.3 is 10.5 Å². The lowest BCUT2D eigenvalue weighted by atomic mass is 10.3. The summed E-state index contributed by atoms with van der Waals surface area (Å²) in [5.41, 5.74) is 5.48. The minimum absolute atomic E-state index is 0.127. The molecule has 90 valence electrons. The fourth-order valence-corrected chi connectivity index (χ4v) is 2.19. The molecule has 0 aliphatic rings. The van der Waals surface area contributed by atoms with Gasteiger partial charge in [-0.05, 0) is 25.1 Å². The molecule has 1 aromatic carbocycles. The van der Waals surface area contributed by atoms with E-state index in [1.807, 2.05) is 6.92 Å². The largest absolute Gasteiger partial charge is 0.376 e. The summed E-state index contributed by atoms with van der Waals surface area (Å²) in [7, 11) is 0. The number of rotatable bonds is 6. The summed E-state index contributed by atoms with van der Waals surface area (Å²) >= 11 is 1.21. The van der Waals surface area contributed by atoms with Crippen LogP contribution in [-0.2, 0) is 4.74 Å². The smallest absolute Gasteiger partial charge is 0.136 e. The van der Waals surface area contributed by atoms with Crippen LogP contribution in [0.1, 0.15) is 6.92 Å². The van der Waals surface area contributed by atoms with E-state index in [2.05, 4.69) is 0 Å². The van der Waals surface area contributed by atoms with Crippen molar-refractivity contribution in [2.24, 2.45) is 5.73 Å². The highest BCUT2D eigenvalue weighted by Gasteiger charge is 2.10. The molecule has 1 rings (SSSR count). The van der Waals surface area contributed by atoms with Gasteiger partial charge in [0.15, 0.2) is 0 Å². The first-order valence-electron chi connectivity index (χ1n) is 5.07. The Kier molecular flexibility index (Phi) is 5.73. The second-order valence-corrected chi connectivity index (χ2v) is 4.26. The van der Waals surface area contributed by atoms with Gasteiger partial charge in [0.05, 0.1) is 6.10 Å². The van der Waals surface area contributed by atoms with Gasteiger partial charge in [0, 0.05) is 23.8 Å². The minimum Gasteiger partial charge on any atom is -0.376 e. The molecule has 1 atom stereocenters. The predicted molar refractivity (Wildman–Crippen MR) is 61.6 cm³/mol. The third-order valence-corrected chi connectivity index (χ3v) is 3.15. The first-order valence-corrected chi connectivity index (χ1v) is 6.05. The maximum Gasteiger partial charge on any atom is 0.136 e. The van der Waals surface area contributed by atoms with Gasteiger partial charge in [0.2, 0.25) is 0 Å². The molecule has 0 fully saturated rings. The molecule has 2 N–H and O–H groups in total. The van der Waals surface area contributed by atoms with Crippen molar-refractivity contribution in [2.75, 3.05) is 18.9 Å². The highest BCUT2D eigenvalue weighted by atomic mass is 32.2. The summed E-state index contributed by atoms with van der Waals surface area (Å²) in [4.78, 5) is 0.290. The Labute approximate surface area is 98.2 Å². The molecule has 16 heavy (non-hydrogen) atoms. The number of nitrogens with two attached hydrogens (primary N) is 1. The number of thioether (sulfide) groups is 1. The second kappa shape index (κ2) is 6.83. The predicted octanol–water partition coefficient (Wildman–Crippen LogP) is 2.42. The van der Waals surface area contributed by atoms with Gasteiger partial charge in [-0.3, -0.25) is 0 Å². The van der Waals surface area contributed by atoms with Crippen molar-refractivity contribution in [1.82, 2.24) is 0 Å². The van der Waals surface area contributed by atoms with Crippen LogP contribution in [0, 0.1) is 11.6 Å². The van der Waals surface area contributed by atoms with Gasteiger partial charge in [-0.1, -0.05) is 0 Å². The monoisotopic (exact) mass is 247 g/mol. The SMILES string of the molecule is CCOC(CN)CSc1cc(F)ccc1F. The lowest BCUT2D eigenvalue weighted by Gasteiger charge is -2.14. The van der Waals surface area contributed by atoms with Crippen molar-refractivity contribution in [3.63, 3.8) is 0 Å². The average Bonchev–Trinajstić information content (AvgIpc) is 2.28. The van der Waals surface area contributed by atoms with Gasteiger partial charge in [-0.2, -0.15) is 0 Å². The zero-order chi connectivity index (χ0) is 12.0. The average molecular weight is 247 g/mol. The normalized spacial score (nSPS) is 12.8. The third-order valence-electron chi connectivity index (χ3n) is 1.98. The molecule has 0 aromatic heterocycles. The van der Waals surface area contributed by atoms with E-state index in [9.17, 15) is 8.78 Å². The first-order chi connectivity index (χ1) is 7.67. The van der Waals surface area contributed by atoms with E-state index in [0.717, 1.165) is 12.1 Å². The summed E-state index contributed by atoms with van der Waals surface area (Å²) in [5, 5.41) is 0. The van der Waals surface area contributed by atoms with Crippen LogP contribution in [0.15, 0.2) is 23.1 Å². The molecule has 0 saturated heterocycles. The van der Waals surface area contributed by atoms with Gasteiger partial charge in [-0.25, -0.2) is 8.78 Å². The Morgan fingerprint density at radius 3 is 2.81 bits per heavy atom.